The Labute approximate surface area is 81.4 Å². The van der Waals surface area contributed by atoms with Crippen LogP contribution in [0.4, 0.5) is 0 Å². The molecule has 2 aromatic rings. The number of hydrogen-bond donors (Lipinski definition) is 0. The Morgan fingerprint density at radius 3 is 2.93 bits per heavy atom. The van der Waals surface area contributed by atoms with Gasteiger partial charge >= 0.3 is 0 Å². The van der Waals surface area contributed by atoms with Crippen LogP contribution in [0.15, 0.2) is 30.6 Å². The molecule has 68 valence electrons. The summed E-state index contributed by atoms with van der Waals surface area (Å²) in [5.41, 5.74) is 2.12. The fourth-order valence-corrected chi connectivity index (χ4v) is 1.21. The van der Waals surface area contributed by atoms with Crippen LogP contribution in [0.2, 0.25) is 0 Å². The summed E-state index contributed by atoms with van der Waals surface area (Å²) in [7, 11) is 1.84. The molecule has 2 rings (SSSR count). The Kier molecular flexibility index (Phi) is 1.99. The van der Waals surface area contributed by atoms with Crippen LogP contribution >= 0.6 is 0 Å². The summed E-state index contributed by atoms with van der Waals surface area (Å²) in [5.74, 6) is 0. The highest BCUT2D eigenvalue weighted by atomic mass is 15.2. The van der Waals surface area contributed by atoms with Gasteiger partial charge in [-0.2, -0.15) is 10.4 Å². The largest absolute Gasteiger partial charge is 0.275 e. The number of hydrogen-bond acceptors (Lipinski definition) is 3. The molecule has 0 unspecified atom stereocenters. The van der Waals surface area contributed by atoms with E-state index < -0.39 is 0 Å². The molecule has 0 radical (unpaired) electrons. The predicted octanol–water partition coefficient (Wildman–Crippen LogP) is 1.35. The van der Waals surface area contributed by atoms with Gasteiger partial charge in [-0.15, -0.1) is 0 Å². The highest BCUT2D eigenvalue weighted by Crippen LogP contribution is 2.15. The molecule has 0 amide bonds. The van der Waals surface area contributed by atoms with Gasteiger partial charge in [0.15, 0.2) is 0 Å². The standard InChI is InChI=1S/C10H8N4/c1-14-7-8(6-12-14)10-4-2-3-9(5-11)13-10/h2-4,6-7H,1H3. The van der Waals surface area contributed by atoms with Crippen molar-refractivity contribution < 1.29 is 0 Å². The maximum Gasteiger partial charge on any atom is 0.141 e. The summed E-state index contributed by atoms with van der Waals surface area (Å²) in [6.45, 7) is 0. The van der Waals surface area contributed by atoms with E-state index in [0.29, 0.717) is 5.69 Å². The van der Waals surface area contributed by atoms with Crippen LogP contribution in [-0.4, -0.2) is 14.8 Å². The fraction of sp³-hybridized carbons (Fsp3) is 0.100. The second-order valence-corrected chi connectivity index (χ2v) is 2.92. The van der Waals surface area contributed by atoms with Crippen LogP contribution in [0.1, 0.15) is 5.69 Å². The maximum absolute atomic E-state index is 8.68. The molecule has 0 aromatic carbocycles. The molecule has 0 spiro atoms. The first-order valence-corrected chi connectivity index (χ1v) is 4.16. The Bertz CT molecular complexity index is 493. The molecule has 0 bridgehead atoms. The van der Waals surface area contributed by atoms with E-state index in [9.17, 15) is 0 Å². The van der Waals surface area contributed by atoms with Gasteiger partial charge in [-0.05, 0) is 12.1 Å². The van der Waals surface area contributed by atoms with Crippen molar-refractivity contribution in [3.8, 4) is 17.3 Å². The number of rotatable bonds is 1. The molecule has 0 fully saturated rings. The fourth-order valence-electron chi connectivity index (χ4n) is 1.21. The van der Waals surface area contributed by atoms with E-state index in [1.165, 1.54) is 0 Å². The van der Waals surface area contributed by atoms with E-state index in [2.05, 4.69) is 10.1 Å². The van der Waals surface area contributed by atoms with Gasteiger partial charge in [0.1, 0.15) is 11.8 Å². The van der Waals surface area contributed by atoms with Crippen LogP contribution < -0.4 is 0 Å². The second kappa shape index (κ2) is 3.30. The van der Waals surface area contributed by atoms with E-state index in [1.54, 1.807) is 16.9 Å². The summed E-state index contributed by atoms with van der Waals surface area (Å²) in [6.07, 6.45) is 3.59. The zero-order valence-electron chi connectivity index (χ0n) is 7.68. The molecule has 14 heavy (non-hydrogen) atoms. The number of aromatic nitrogens is 3. The first-order chi connectivity index (χ1) is 6.79. The van der Waals surface area contributed by atoms with Gasteiger partial charge in [0.05, 0.1) is 11.9 Å². The van der Waals surface area contributed by atoms with Crippen LogP contribution in [0.5, 0.6) is 0 Å². The quantitative estimate of drug-likeness (QED) is 0.672. The highest BCUT2D eigenvalue weighted by molar-refractivity contribution is 5.57. The zero-order chi connectivity index (χ0) is 9.97. The van der Waals surface area contributed by atoms with Crippen molar-refractivity contribution in [2.24, 2.45) is 7.05 Å². The minimum absolute atomic E-state index is 0.423. The van der Waals surface area contributed by atoms with Crippen LogP contribution in [0, 0.1) is 11.3 Å². The summed E-state index contributed by atoms with van der Waals surface area (Å²) < 4.78 is 1.70. The lowest BCUT2D eigenvalue weighted by Crippen LogP contribution is -1.86. The molecule has 0 N–H and O–H groups in total. The van der Waals surface area contributed by atoms with Crippen molar-refractivity contribution in [2.75, 3.05) is 0 Å². The van der Waals surface area contributed by atoms with Crippen LogP contribution in [-0.2, 0) is 7.05 Å². The topological polar surface area (TPSA) is 54.5 Å². The molecule has 0 saturated heterocycles. The average molecular weight is 184 g/mol. The lowest BCUT2D eigenvalue weighted by Gasteiger charge is -1.95. The third kappa shape index (κ3) is 1.48. The smallest absolute Gasteiger partial charge is 0.141 e. The lowest BCUT2D eigenvalue weighted by atomic mass is 10.2. The molecule has 2 aromatic heterocycles. The average Bonchev–Trinajstić information content (AvgIpc) is 2.65. The molecule has 0 aliphatic carbocycles. The maximum atomic E-state index is 8.68. The number of nitriles is 1. The van der Waals surface area contributed by atoms with E-state index in [1.807, 2.05) is 31.4 Å². The molecule has 0 aliphatic rings. The summed E-state index contributed by atoms with van der Waals surface area (Å²) in [5, 5.41) is 12.7. The van der Waals surface area contributed by atoms with Crippen molar-refractivity contribution in [2.45, 2.75) is 0 Å². The van der Waals surface area contributed by atoms with E-state index in [0.717, 1.165) is 11.3 Å². The van der Waals surface area contributed by atoms with E-state index in [-0.39, 0.29) is 0 Å². The molecule has 4 heteroatoms. The third-order valence-electron chi connectivity index (χ3n) is 1.86. The summed E-state index contributed by atoms with van der Waals surface area (Å²) in [6, 6.07) is 7.36. The summed E-state index contributed by atoms with van der Waals surface area (Å²) in [4.78, 5) is 4.16. The van der Waals surface area contributed by atoms with Crippen molar-refractivity contribution in [3.63, 3.8) is 0 Å². The van der Waals surface area contributed by atoms with Crippen molar-refractivity contribution in [1.29, 1.82) is 5.26 Å². The van der Waals surface area contributed by atoms with Gasteiger partial charge in [-0.3, -0.25) is 4.68 Å². The first kappa shape index (κ1) is 8.45. The molecule has 2 heterocycles. The number of nitrogens with zero attached hydrogens (tertiary/aromatic N) is 4. The van der Waals surface area contributed by atoms with Gasteiger partial charge in [0.25, 0.3) is 0 Å². The summed E-state index contributed by atoms with van der Waals surface area (Å²) >= 11 is 0. The molecule has 4 nitrogen and oxygen atoms in total. The Morgan fingerprint density at radius 2 is 2.29 bits per heavy atom. The molecule has 0 aliphatic heterocycles. The van der Waals surface area contributed by atoms with Crippen molar-refractivity contribution in [3.05, 3.63) is 36.3 Å². The van der Waals surface area contributed by atoms with Crippen LogP contribution in [0.25, 0.3) is 11.3 Å². The first-order valence-electron chi connectivity index (χ1n) is 4.16. The van der Waals surface area contributed by atoms with Crippen LogP contribution in [0.3, 0.4) is 0 Å². The lowest BCUT2D eigenvalue weighted by molar-refractivity contribution is 0.768. The van der Waals surface area contributed by atoms with Crippen molar-refractivity contribution in [1.82, 2.24) is 14.8 Å². The van der Waals surface area contributed by atoms with E-state index in [4.69, 9.17) is 5.26 Å². The Hall–Kier alpha value is -2.15. The molecule has 0 saturated carbocycles. The molecular formula is C10H8N4. The minimum Gasteiger partial charge on any atom is -0.275 e. The van der Waals surface area contributed by atoms with Gasteiger partial charge in [-0.25, -0.2) is 4.98 Å². The van der Waals surface area contributed by atoms with Gasteiger partial charge < -0.3 is 0 Å². The molecule has 0 atom stereocenters. The van der Waals surface area contributed by atoms with Gasteiger partial charge in [0.2, 0.25) is 0 Å². The Balaban J connectivity index is 2.47. The highest BCUT2D eigenvalue weighted by Gasteiger charge is 2.02. The number of aryl methyl sites for hydroxylation is 1. The monoisotopic (exact) mass is 184 g/mol. The molecular weight excluding hydrogens is 176 g/mol. The third-order valence-corrected chi connectivity index (χ3v) is 1.86. The number of pyridine rings is 1. The van der Waals surface area contributed by atoms with E-state index >= 15 is 0 Å². The Morgan fingerprint density at radius 1 is 1.43 bits per heavy atom. The van der Waals surface area contributed by atoms with Crippen molar-refractivity contribution >= 4 is 0 Å². The second-order valence-electron chi connectivity index (χ2n) is 2.92. The normalized spacial score (nSPS) is 9.71. The zero-order valence-corrected chi connectivity index (χ0v) is 7.68. The van der Waals surface area contributed by atoms with Gasteiger partial charge in [0, 0.05) is 18.8 Å². The minimum atomic E-state index is 0.423. The SMILES string of the molecule is Cn1cc(-c2cccc(C#N)n2)cn1. The predicted molar refractivity (Wildman–Crippen MR) is 51.2 cm³/mol. The van der Waals surface area contributed by atoms with Gasteiger partial charge in [-0.1, -0.05) is 6.07 Å².